The summed E-state index contributed by atoms with van der Waals surface area (Å²) in [5, 5.41) is 9.37. The van der Waals surface area contributed by atoms with Gasteiger partial charge in [-0.3, -0.25) is 10.6 Å². The molecule has 0 aliphatic heterocycles. The highest BCUT2D eigenvalue weighted by atomic mass is 16.5. The van der Waals surface area contributed by atoms with E-state index in [1.165, 1.54) is 0 Å². The molecule has 2 aromatic carbocycles. The van der Waals surface area contributed by atoms with Gasteiger partial charge in [0, 0.05) is 0 Å². The molecule has 0 saturated heterocycles. The molecule has 1 aromatic heterocycles. The smallest absolute Gasteiger partial charge is 0.335 e. The maximum Gasteiger partial charge on any atom is 0.335 e. The summed E-state index contributed by atoms with van der Waals surface area (Å²) in [5.74, 6) is 4.97. The van der Waals surface area contributed by atoms with Gasteiger partial charge in [0.05, 0.1) is 17.7 Å². The first-order valence-electron chi connectivity index (χ1n) is 8.84. The lowest BCUT2D eigenvalue weighted by molar-refractivity contribution is 0.0696. The minimum absolute atomic E-state index is 0.0237. The van der Waals surface area contributed by atoms with Crippen molar-refractivity contribution in [1.82, 2.24) is 9.97 Å². The van der Waals surface area contributed by atoms with E-state index in [-0.39, 0.29) is 22.9 Å². The number of carboxylic acids is 1. The summed E-state index contributed by atoms with van der Waals surface area (Å²) in [6, 6.07) is 10.4. The molecule has 0 saturated carbocycles. The summed E-state index contributed by atoms with van der Waals surface area (Å²) in [6.45, 7) is 3.97. The van der Waals surface area contributed by atoms with Crippen molar-refractivity contribution in [3.63, 3.8) is 0 Å². The second-order valence-electron chi connectivity index (χ2n) is 6.25. The average molecular weight is 395 g/mol. The molecule has 0 bridgehead atoms. The molecule has 0 atom stereocenters. The number of carbonyl (C=O) groups is 1. The molecule has 0 aliphatic rings. The van der Waals surface area contributed by atoms with Crippen LogP contribution in [-0.2, 0) is 0 Å². The van der Waals surface area contributed by atoms with Gasteiger partial charge in [-0.2, -0.15) is 0 Å². The standard InChI is InChI=1S/C20H21N5O4/c1-3-29-15-9-11(12-5-4-6-13(10(12)2)20(27)28)7-8-14(15)18-23-17(21)16(25-22)19(26)24-18/h4-9,25H,3,22H2,1-2H3,(H,27,28)(H3,21,23,24,26). The summed E-state index contributed by atoms with van der Waals surface area (Å²) in [4.78, 5) is 30.4. The number of hydrogen-bond donors (Lipinski definition) is 5. The van der Waals surface area contributed by atoms with Crippen LogP contribution in [0.25, 0.3) is 22.5 Å². The third-order valence-corrected chi connectivity index (χ3v) is 4.50. The first-order chi connectivity index (χ1) is 13.9. The summed E-state index contributed by atoms with van der Waals surface area (Å²) >= 11 is 0. The normalized spacial score (nSPS) is 10.6. The molecule has 0 aliphatic carbocycles. The average Bonchev–Trinajstić information content (AvgIpc) is 2.68. The number of carboxylic acid groups (broad SMARTS) is 1. The number of benzene rings is 2. The third-order valence-electron chi connectivity index (χ3n) is 4.50. The second kappa shape index (κ2) is 8.03. The van der Waals surface area contributed by atoms with E-state index in [1.54, 1.807) is 37.3 Å². The molecule has 0 spiro atoms. The van der Waals surface area contributed by atoms with E-state index in [9.17, 15) is 14.7 Å². The van der Waals surface area contributed by atoms with Crippen molar-refractivity contribution in [2.75, 3.05) is 17.8 Å². The number of hydrazine groups is 1. The molecule has 29 heavy (non-hydrogen) atoms. The molecular weight excluding hydrogens is 374 g/mol. The van der Waals surface area contributed by atoms with Crippen LogP contribution in [0.15, 0.2) is 41.2 Å². The molecule has 0 amide bonds. The lowest BCUT2D eigenvalue weighted by Crippen LogP contribution is -2.22. The number of rotatable bonds is 6. The van der Waals surface area contributed by atoms with Gasteiger partial charge in [-0.05, 0) is 48.7 Å². The number of aromatic nitrogens is 2. The Bertz CT molecular complexity index is 1140. The number of H-pyrrole nitrogens is 1. The lowest BCUT2D eigenvalue weighted by atomic mass is 9.95. The number of nitrogen functional groups attached to an aromatic ring is 2. The second-order valence-corrected chi connectivity index (χ2v) is 6.25. The predicted molar refractivity (Wildman–Crippen MR) is 111 cm³/mol. The van der Waals surface area contributed by atoms with E-state index in [1.807, 2.05) is 13.0 Å². The quantitative estimate of drug-likeness (QED) is 0.314. The Labute approximate surface area is 166 Å². The molecule has 3 aromatic rings. The van der Waals surface area contributed by atoms with Crippen LogP contribution in [0, 0.1) is 6.92 Å². The molecular formula is C20H21N5O4. The fourth-order valence-electron chi connectivity index (χ4n) is 3.10. The minimum Gasteiger partial charge on any atom is -0.493 e. The number of hydrogen-bond acceptors (Lipinski definition) is 7. The Morgan fingerprint density at radius 1 is 1.28 bits per heavy atom. The lowest BCUT2D eigenvalue weighted by Gasteiger charge is -2.14. The Morgan fingerprint density at radius 3 is 2.66 bits per heavy atom. The number of nitrogens with one attached hydrogen (secondary N) is 2. The van der Waals surface area contributed by atoms with Crippen molar-refractivity contribution >= 4 is 17.5 Å². The fraction of sp³-hybridized carbons (Fsp3) is 0.150. The van der Waals surface area contributed by atoms with E-state index in [0.717, 1.165) is 11.1 Å². The van der Waals surface area contributed by atoms with Gasteiger partial charge in [0.1, 0.15) is 11.6 Å². The topological polar surface area (TPSA) is 156 Å². The van der Waals surface area contributed by atoms with E-state index in [0.29, 0.717) is 23.5 Å². The molecule has 7 N–H and O–H groups in total. The van der Waals surface area contributed by atoms with Crippen LogP contribution >= 0.6 is 0 Å². The zero-order chi connectivity index (χ0) is 21.1. The van der Waals surface area contributed by atoms with Crippen molar-refractivity contribution in [3.8, 4) is 28.3 Å². The van der Waals surface area contributed by atoms with Gasteiger partial charge in [0.25, 0.3) is 5.56 Å². The number of anilines is 2. The van der Waals surface area contributed by atoms with E-state index < -0.39 is 11.5 Å². The minimum atomic E-state index is -0.989. The van der Waals surface area contributed by atoms with Gasteiger partial charge < -0.3 is 26.0 Å². The van der Waals surface area contributed by atoms with Crippen LogP contribution < -0.4 is 27.3 Å². The molecule has 0 unspecified atom stereocenters. The Balaban J connectivity index is 2.16. The number of ether oxygens (including phenoxy) is 1. The van der Waals surface area contributed by atoms with Crippen LogP contribution in [0.4, 0.5) is 11.5 Å². The largest absolute Gasteiger partial charge is 0.493 e. The molecule has 9 heteroatoms. The maximum absolute atomic E-state index is 12.2. The van der Waals surface area contributed by atoms with E-state index >= 15 is 0 Å². The number of nitrogens with zero attached hydrogens (tertiary/aromatic N) is 1. The molecule has 150 valence electrons. The highest BCUT2D eigenvalue weighted by Crippen LogP contribution is 2.35. The molecule has 0 fully saturated rings. The molecule has 3 rings (SSSR count). The fourth-order valence-corrected chi connectivity index (χ4v) is 3.10. The zero-order valence-corrected chi connectivity index (χ0v) is 15.9. The van der Waals surface area contributed by atoms with Gasteiger partial charge in [0.2, 0.25) is 0 Å². The SMILES string of the molecule is CCOc1cc(-c2cccc(C(=O)O)c2C)ccc1-c1nc(N)c(NN)c(=O)[nH]1. The van der Waals surface area contributed by atoms with Crippen molar-refractivity contribution in [2.24, 2.45) is 5.84 Å². The van der Waals surface area contributed by atoms with Gasteiger partial charge in [-0.1, -0.05) is 18.2 Å². The van der Waals surface area contributed by atoms with Gasteiger partial charge in [-0.15, -0.1) is 0 Å². The zero-order valence-electron chi connectivity index (χ0n) is 15.9. The monoisotopic (exact) mass is 395 g/mol. The first kappa shape index (κ1) is 19.9. The van der Waals surface area contributed by atoms with Crippen LogP contribution in [0.1, 0.15) is 22.8 Å². The summed E-state index contributed by atoms with van der Waals surface area (Å²) in [7, 11) is 0. The highest BCUT2D eigenvalue weighted by molar-refractivity contribution is 5.92. The Kier molecular flexibility index (Phi) is 5.51. The Hall–Kier alpha value is -3.85. The Morgan fingerprint density at radius 2 is 2.03 bits per heavy atom. The summed E-state index contributed by atoms with van der Waals surface area (Å²) in [6.07, 6.45) is 0. The van der Waals surface area contributed by atoms with Crippen molar-refractivity contribution < 1.29 is 14.6 Å². The molecule has 9 nitrogen and oxygen atoms in total. The van der Waals surface area contributed by atoms with E-state index in [4.69, 9.17) is 16.3 Å². The van der Waals surface area contributed by atoms with E-state index in [2.05, 4.69) is 15.4 Å². The van der Waals surface area contributed by atoms with Gasteiger partial charge in [-0.25, -0.2) is 9.78 Å². The number of nitrogens with two attached hydrogens (primary N) is 2. The van der Waals surface area contributed by atoms with Crippen LogP contribution in [-0.4, -0.2) is 27.7 Å². The van der Waals surface area contributed by atoms with Gasteiger partial charge in [0.15, 0.2) is 11.5 Å². The third kappa shape index (κ3) is 3.76. The predicted octanol–water partition coefficient (Wildman–Crippen LogP) is 2.38. The van der Waals surface area contributed by atoms with Crippen LogP contribution in [0.2, 0.25) is 0 Å². The first-order valence-corrected chi connectivity index (χ1v) is 8.84. The van der Waals surface area contributed by atoms with Crippen LogP contribution in [0.3, 0.4) is 0 Å². The summed E-state index contributed by atoms with van der Waals surface area (Å²) < 4.78 is 5.75. The van der Waals surface area contributed by atoms with Crippen molar-refractivity contribution in [3.05, 3.63) is 57.9 Å². The summed E-state index contributed by atoms with van der Waals surface area (Å²) in [5.41, 5.74) is 10.4. The molecule has 0 radical (unpaired) electrons. The molecule has 1 heterocycles. The number of aromatic amines is 1. The maximum atomic E-state index is 12.2. The van der Waals surface area contributed by atoms with Crippen molar-refractivity contribution in [1.29, 1.82) is 0 Å². The van der Waals surface area contributed by atoms with Gasteiger partial charge >= 0.3 is 5.97 Å². The van der Waals surface area contributed by atoms with Crippen molar-refractivity contribution in [2.45, 2.75) is 13.8 Å². The highest BCUT2D eigenvalue weighted by Gasteiger charge is 2.16. The van der Waals surface area contributed by atoms with Crippen LogP contribution in [0.5, 0.6) is 5.75 Å². The number of aromatic carboxylic acids is 1.